The molecule has 4 N–H and O–H groups in total. The molecule has 0 atom stereocenters. The Morgan fingerprint density at radius 1 is 1.54 bits per heavy atom. The van der Waals surface area contributed by atoms with E-state index in [0.29, 0.717) is 5.71 Å². The van der Waals surface area contributed by atoms with Gasteiger partial charge in [-0.1, -0.05) is 0 Å². The lowest BCUT2D eigenvalue weighted by molar-refractivity contribution is 1.21. The average Bonchev–Trinajstić information content (AvgIpc) is 2.04. The molecule has 3 heteroatoms. The van der Waals surface area contributed by atoms with Gasteiger partial charge in [0.2, 0.25) is 0 Å². The highest BCUT2D eigenvalue weighted by molar-refractivity contribution is 6.01. The van der Waals surface area contributed by atoms with Crippen molar-refractivity contribution in [3.8, 4) is 0 Å². The Morgan fingerprint density at radius 3 is 2.77 bits per heavy atom. The predicted octanol–water partition coefficient (Wildman–Crippen LogP) is 2.09. The van der Waals surface area contributed by atoms with Crippen LogP contribution in [-0.4, -0.2) is 12.3 Å². The number of hydrogen-bond donors (Lipinski definition) is 3. The molecule has 0 aliphatic heterocycles. The van der Waals surface area contributed by atoms with Crippen LogP contribution >= 0.6 is 0 Å². The van der Waals surface area contributed by atoms with Gasteiger partial charge in [-0.25, -0.2) is 0 Å². The molecule has 0 heterocycles. The second kappa shape index (κ2) is 3.94. The molecular formula is C10H15N3. The SMILES string of the molecule is CCNc1cc(N)ccc1C(C)=N. The monoisotopic (exact) mass is 177 g/mol. The first-order valence-corrected chi connectivity index (χ1v) is 4.34. The smallest absolute Gasteiger partial charge is 0.0452 e. The molecule has 1 aromatic rings. The summed E-state index contributed by atoms with van der Waals surface area (Å²) in [6.07, 6.45) is 0. The Balaban J connectivity index is 3.10. The molecule has 1 aromatic carbocycles. The third-order valence-corrected chi connectivity index (χ3v) is 1.81. The Morgan fingerprint density at radius 2 is 2.23 bits per heavy atom. The summed E-state index contributed by atoms with van der Waals surface area (Å²) in [6.45, 7) is 4.63. The van der Waals surface area contributed by atoms with Crippen LogP contribution < -0.4 is 11.1 Å². The maximum atomic E-state index is 7.54. The maximum absolute atomic E-state index is 7.54. The fourth-order valence-corrected chi connectivity index (χ4v) is 1.23. The van der Waals surface area contributed by atoms with Crippen LogP contribution in [0.1, 0.15) is 19.4 Å². The van der Waals surface area contributed by atoms with Gasteiger partial charge in [0, 0.05) is 29.2 Å². The van der Waals surface area contributed by atoms with Crippen LogP contribution in [-0.2, 0) is 0 Å². The van der Waals surface area contributed by atoms with Crippen LogP contribution in [0, 0.1) is 5.41 Å². The first-order chi connectivity index (χ1) is 6.15. The van der Waals surface area contributed by atoms with Gasteiger partial charge in [-0.05, 0) is 32.0 Å². The molecule has 0 bridgehead atoms. The van der Waals surface area contributed by atoms with E-state index in [0.717, 1.165) is 23.5 Å². The predicted molar refractivity (Wildman–Crippen MR) is 57.5 cm³/mol. The molecule has 1 rings (SSSR count). The summed E-state index contributed by atoms with van der Waals surface area (Å²) in [5.41, 5.74) is 8.78. The quantitative estimate of drug-likeness (QED) is 0.489. The lowest BCUT2D eigenvalue weighted by Crippen LogP contribution is -2.04. The minimum Gasteiger partial charge on any atom is -0.399 e. The second-order valence-corrected chi connectivity index (χ2v) is 2.96. The largest absolute Gasteiger partial charge is 0.399 e. The minimum atomic E-state index is 0.552. The number of nitrogens with two attached hydrogens (primary N) is 1. The van der Waals surface area contributed by atoms with E-state index in [-0.39, 0.29) is 0 Å². The zero-order valence-electron chi connectivity index (χ0n) is 8.02. The van der Waals surface area contributed by atoms with E-state index in [1.165, 1.54) is 0 Å². The van der Waals surface area contributed by atoms with Crippen molar-refractivity contribution in [2.45, 2.75) is 13.8 Å². The Hall–Kier alpha value is -1.51. The normalized spacial score (nSPS) is 9.69. The minimum absolute atomic E-state index is 0.552. The molecular weight excluding hydrogens is 162 g/mol. The van der Waals surface area contributed by atoms with Gasteiger partial charge in [0.15, 0.2) is 0 Å². The van der Waals surface area contributed by atoms with Crippen molar-refractivity contribution < 1.29 is 0 Å². The molecule has 0 aromatic heterocycles. The average molecular weight is 177 g/mol. The molecule has 3 nitrogen and oxygen atoms in total. The van der Waals surface area contributed by atoms with Crippen LogP contribution in [0.4, 0.5) is 11.4 Å². The van der Waals surface area contributed by atoms with Crippen LogP contribution in [0.5, 0.6) is 0 Å². The number of rotatable bonds is 3. The summed E-state index contributed by atoms with van der Waals surface area (Å²) in [6, 6.07) is 5.54. The fraction of sp³-hybridized carbons (Fsp3) is 0.300. The van der Waals surface area contributed by atoms with Gasteiger partial charge < -0.3 is 16.5 Å². The first-order valence-electron chi connectivity index (χ1n) is 4.34. The highest BCUT2D eigenvalue weighted by Gasteiger charge is 2.03. The summed E-state index contributed by atoms with van der Waals surface area (Å²) in [5.74, 6) is 0. The van der Waals surface area contributed by atoms with E-state index >= 15 is 0 Å². The third kappa shape index (κ3) is 2.21. The molecule has 70 valence electrons. The van der Waals surface area contributed by atoms with E-state index in [1.807, 2.05) is 25.1 Å². The number of nitrogens with one attached hydrogen (secondary N) is 2. The van der Waals surface area contributed by atoms with Gasteiger partial charge in [-0.2, -0.15) is 0 Å². The van der Waals surface area contributed by atoms with E-state index in [9.17, 15) is 0 Å². The van der Waals surface area contributed by atoms with Crippen LogP contribution in [0.15, 0.2) is 18.2 Å². The zero-order chi connectivity index (χ0) is 9.84. The number of anilines is 2. The molecule has 0 aliphatic carbocycles. The maximum Gasteiger partial charge on any atom is 0.0452 e. The van der Waals surface area contributed by atoms with Gasteiger partial charge >= 0.3 is 0 Å². The van der Waals surface area contributed by atoms with Crippen molar-refractivity contribution in [3.63, 3.8) is 0 Å². The van der Waals surface area contributed by atoms with Gasteiger partial charge in [0.05, 0.1) is 0 Å². The molecule has 0 saturated heterocycles. The van der Waals surface area contributed by atoms with Gasteiger partial charge in [-0.15, -0.1) is 0 Å². The highest BCUT2D eigenvalue weighted by atomic mass is 14.9. The van der Waals surface area contributed by atoms with Crippen molar-refractivity contribution in [1.29, 1.82) is 5.41 Å². The van der Waals surface area contributed by atoms with Crippen molar-refractivity contribution in [1.82, 2.24) is 0 Å². The van der Waals surface area contributed by atoms with Gasteiger partial charge in [-0.3, -0.25) is 0 Å². The molecule has 0 aliphatic rings. The summed E-state index contributed by atoms with van der Waals surface area (Å²) < 4.78 is 0. The fourth-order valence-electron chi connectivity index (χ4n) is 1.23. The van der Waals surface area contributed by atoms with Crippen molar-refractivity contribution >= 4 is 17.1 Å². The van der Waals surface area contributed by atoms with Gasteiger partial charge in [0.1, 0.15) is 0 Å². The van der Waals surface area contributed by atoms with Crippen LogP contribution in [0.3, 0.4) is 0 Å². The molecule has 0 radical (unpaired) electrons. The van der Waals surface area contributed by atoms with E-state index in [4.69, 9.17) is 11.1 Å². The third-order valence-electron chi connectivity index (χ3n) is 1.81. The molecule has 0 fully saturated rings. The Labute approximate surface area is 78.5 Å². The molecule has 0 amide bonds. The highest BCUT2D eigenvalue weighted by Crippen LogP contribution is 2.19. The summed E-state index contributed by atoms with van der Waals surface area (Å²) in [7, 11) is 0. The number of nitrogen functional groups attached to an aromatic ring is 1. The topological polar surface area (TPSA) is 61.9 Å². The second-order valence-electron chi connectivity index (χ2n) is 2.96. The van der Waals surface area contributed by atoms with Crippen LogP contribution in [0.25, 0.3) is 0 Å². The standard InChI is InChI=1S/C10H15N3/c1-3-13-10-6-8(12)4-5-9(10)7(2)11/h4-6,11,13H,3,12H2,1-2H3. The summed E-state index contributed by atoms with van der Waals surface area (Å²) in [5, 5.41) is 10.7. The van der Waals surface area contributed by atoms with Crippen molar-refractivity contribution in [2.24, 2.45) is 0 Å². The first kappa shape index (κ1) is 9.58. The molecule has 0 unspecified atom stereocenters. The lowest BCUT2D eigenvalue weighted by atomic mass is 10.1. The summed E-state index contributed by atoms with van der Waals surface area (Å²) in [4.78, 5) is 0. The van der Waals surface area contributed by atoms with Gasteiger partial charge in [0.25, 0.3) is 0 Å². The number of hydrogen-bond acceptors (Lipinski definition) is 3. The van der Waals surface area contributed by atoms with E-state index in [2.05, 4.69) is 5.32 Å². The summed E-state index contributed by atoms with van der Waals surface area (Å²) >= 11 is 0. The molecule has 0 spiro atoms. The van der Waals surface area contributed by atoms with E-state index < -0.39 is 0 Å². The van der Waals surface area contributed by atoms with Crippen molar-refractivity contribution in [3.05, 3.63) is 23.8 Å². The zero-order valence-corrected chi connectivity index (χ0v) is 8.02. The Kier molecular flexibility index (Phi) is 2.90. The molecule has 13 heavy (non-hydrogen) atoms. The Bertz CT molecular complexity index is 318. The van der Waals surface area contributed by atoms with Crippen molar-refractivity contribution in [2.75, 3.05) is 17.6 Å². The van der Waals surface area contributed by atoms with E-state index in [1.54, 1.807) is 6.92 Å². The lowest BCUT2D eigenvalue weighted by Gasteiger charge is -2.10. The van der Waals surface area contributed by atoms with Crippen LogP contribution in [0.2, 0.25) is 0 Å². The number of benzene rings is 1. The molecule has 0 saturated carbocycles.